The van der Waals surface area contributed by atoms with Crippen molar-refractivity contribution in [3.63, 3.8) is 0 Å². The van der Waals surface area contributed by atoms with Crippen molar-refractivity contribution in [2.75, 3.05) is 0 Å². The molecule has 0 spiro atoms. The van der Waals surface area contributed by atoms with Crippen LogP contribution in [0.3, 0.4) is 0 Å². The molecule has 9 rings (SSSR count). The first-order chi connectivity index (χ1) is 36.2. The summed E-state index contributed by atoms with van der Waals surface area (Å²) in [5, 5.41) is 0. The molecule has 8 heterocycles. The topological polar surface area (TPSA) is 31.0 Å². The Morgan fingerprint density at radius 3 is 0.568 bits per heavy atom. The third kappa shape index (κ3) is 16.3. The molecule has 74 heavy (non-hydrogen) atoms. The summed E-state index contributed by atoms with van der Waals surface area (Å²) >= 11 is 0. The predicted molar refractivity (Wildman–Crippen MR) is 301 cm³/mol. The molecule has 0 aliphatic heterocycles. The molecule has 8 nitrogen and oxygen atoms in total. The predicted octanol–water partition coefficient (Wildman–Crippen LogP) is 10.4. The number of aryl methyl sites for hydroxylation is 8. The van der Waals surface area contributed by atoms with Crippen molar-refractivity contribution < 1.29 is 36.5 Å². The maximum absolute atomic E-state index is 2.34. The largest absolute Gasteiger partial charge is 0.208 e. The van der Waals surface area contributed by atoms with Crippen LogP contribution in [-0.4, -0.2) is 0 Å². The Balaban J connectivity index is 0.000000215. The summed E-state index contributed by atoms with van der Waals surface area (Å²) in [5.41, 5.74) is 10.6. The molecule has 1 fully saturated rings. The van der Waals surface area contributed by atoms with Crippen LogP contribution in [0.15, 0.2) is 196 Å². The molecule has 0 aromatic carbocycles. The molecule has 0 radical (unpaired) electrons. The molecule has 0 bridgehead atoms. The van der Waals surface area contributed by atoms with Crippen molar-refractivity contribution in [3.05, 3.63) is 241 Å². The average molecular weight is 993 g/mol. The van der Waals surface area contributed by atoms with Crippen molar-refractivity contribution in [3.8, 4) is 0 Å². The zero-order valence-electron chi connectivity index (χ0n) is 46.9. The van der Waals surface area contributed by atoms with E-state index in [9.17, 15) is 0 Å². The second-order valence-electron chi connectivity index (χ2n) is 18.1. The lowest BCUT2D eigenvalue weighted by Crippen LogP contribution is -2.42. The normalized spacial score (nSPS) is 15.5. The van der Waals surface area contributed by atoms with Crippen LogP contribution in [-0.2, 0) is 53.4 Å². The highest BCUT2D eigenvalue weighted by atomic mass is 14.9. The Hall–Kier alpha value is -7.32. The molecule has 8 aromatic rings. The number of aromatic nitrogens is 8. The van der Waals surface area contributed by atoms with Crippen molar-refractivity contribution in [2.45, 2.75) is 132 Å². The fourth-order valence-corrected chi connectivity index (χ4v) is 9.23. The first kappa shape index (κ1) is 57.6. The van der Waals surface area contributed by atoms with E-state index in [1.165, 1.54) is 44.5 Å². The van der Waals surface area contributed by atoms with Crippen molar-refractivity contribution in [1.29, 1.82) is 0 Å². The summed E-state index contributed by atoms with van der Waals surface area (Å²) in [7, 11) is 4.18. The number of rotatable bonds is 14. The fourth-order valence-electron chi connectivity index (χ4n) is 9.23. The molecule has 8 heteroatoms. The van der Waals surface area contributed by atoms with Crippen LogP contribution in [0.25, 0.3) is 24.3 Å². The minimum absolute atomic E-state index is 0.426. The number of hydrogen-bond acceptors (Lipinski definition) is 0. The zero-order valence-corrected chi connectivity index (χ0v) is 46.9. The van der Waals surface area contributed by atoms with E-state index < -0.39 is 0 Å². The van der Waals surface area contributed by atoms with Gasteiger partial charge in [-0.2, -0.15) is 0 Å². The molecule has 0 unspecified atom stereocenters. The van der Waals surface area contributed by atoms with Crippen LogP contribution in [0.1, 0.15) is 137 Å². The van der Waals surface area contributed by atoms with Crippen molar-refractivity contribution >= 4 is 24.3 Å². The lowest BCUT2D eigenvalue weighted by atomic mass is 9.49. The summed E-state index contributed by atoms with van der Waals surface area (Å²) in [6.07, 6.45) is 43.1. The third-order valence-electron chi connectivity index (χ3n) is 13.7. The van der Waals surface area contributed by atoms with Gasteiger partial charge in [-0.3, -0.25) is 0 Å². The standard InChI is InChI=1S/C30H36N4.2C16H20N2.2C2H6/c1-5-33-19-11-25(12-20-33)29-27(23-7-15-31(3)16-8-23)28(24-9-17-32(4)18-10-24)30(29)26-13-21-34(6-2)22-14-26;2*1-3-17-11-7-15(8-12-17)5-6-16-9-13-18(4-2)14-10-16;2*1-2/h7-22,27-30H,5-6H2,1-4H3;2*5-14H,3-4H2,1-2H3;2*1-2H3/q+4;2*+2;;/b;2*6-5+;;/t27-,28+,29-,30+;;;;. The first-order valence-electron chi connectivity index (χ1n) is 27.4. The Morgan fingerprint density at radius 2 is 0.405 bits per heavy atom. The minimum atomic E-state index is 0.426. The quantitative estimate of drug-likeness (QED) is 0.0973. The van der Waals surface area contributed by atoms with Crippen LogP contribution in [0.2, 0.25) is 0 Å². The summed E-state index contributed by atoms with van der Waals surface area (Å²) in [6, 6.07) is 35.7. The van der Waals surface area contributed by atoms with Gasteiger partial charge in [-0.25, -0.2) is 36.5 Å². The molecule has 0 saturated heterocycles. The highest BCUT2D eigenvalue weighted by Crippen LogP contribution is 2.66. The average Bonchev–Trinajstić information content (AvgIpc) is 3.47. The second kappa shape index (κ2) is 30.7. The van der Waals surface area contributed by atoms with Gasteiger partial charge in [0.2, 0.25) is 0 Å². The van der Waals surface area contributed by atoms with Gasteiger partial charge in [-0.15, -0.1) is 0 Å². The monoisotopic (exact) mass is 993 g/mol. The SMILES string of the molecule is CC.CC.CC[n+]1ccc(/C=C/c2cc[n+](CC)cc2)cc1.CC[n+]1ccc(/C=C/c2cc[n+](CC)cc2)cc1.CC[n+]1ccc([C@@H]2[C@H](c3cc[n+](C)cc3)[C@H](c3cc[n+](C)cc3)[C@@H]2c2cc[n+](CC)cc2)cc1. The maximum Gasteiger partial charge on any atom is 0.169 e. The molecule has 0 N–H and O–H groups in total. The van der Waals surface area contributed by atoms with Gasteiger partial charge in [0.05, 0.1) is 0 Å². The van der Waals surface area contributed by atoms with E-state index in [2.05, 4.69) is 313 Å². The van der Waals surface area contributed by atoms with Gasteiger partial charge in [0.25, 0.3) is 0 Å². The lowest BCUT2D eigenvalue weighted by molar-refractivity contribution is -0.693. The van der Waals surface area contributed by atoms with Gasteiger partial charge in [0, 0.05) is 97.1 Å². The lowest BCUT2D eigenvalue weighted by Gasteiger charge is -2.53. The molecule has 1 aliphatic carbocycles. The summed E-state index contributed by atoms with van der Waals surface area (Å²) in [6.45, 7) is 27.0. The second-order valence-corrected chi connectivity index (χ2v) is 18.1. The Bertz CT molecular complexity index is 2550. The molecular weight excluding hydrogens is 905 g/mol. The van der Waals surface area contributed by atoms with Crippen LogP contribution < -0.4 is 36.5 Å². The maximum atomic E-state index is 2.34. The molecule has 4 atom stereocenters. The van der Waals surface area contributed by atoms with Crippen LogP contribution >= 0.6 is 0 Å². The van der Waals surface area contributed by atoms with Crippen LogP contribution in [0, 0.1) is 0 Å². The highest BCUT2D eigenvalue weighted by molar-refractivity contribution is 5.69. The van der Waals surface area contributed by atoms with E-state index in [1.807, 2.05) is 27.7 Å². The molecule has 1 aliphatic rings. The van der Waals surface area contributed by atoms with E-state index in [0.29, 0.717) is 23.7 Å². The van der Waals surface area contributed by atoms with E-state index in [-0.39, 0.29) is 0 Å². The van der Waals surface area contributed by atoms with Gasteiger partial charge >= 0.3 is 0 Å². The first-order valence-corrected chi connectivity index (χ1v) is 27.4. The summed E-state index contributed by atoms with van der Waals surface area (Å²) < 4.78 is 17.4. The van der Waals surface area contributed by atoms with Gasteiger partial charge < -0.3 is 0 Å². The Morgan fingerprint density at radius 1 is 0.257 bits per heavy atom. The Labute approximate surface area is 445 Å². The van der Waals surface area contributed by atoms with Crippen LogP contribution in [0.5, 0.6) is 0 Å². The van der Waals surface area contributed by atoms with Crippen molar-refractivity contribution in [2.24, 2.45) is 14.1 Å². The minimum Gasteiger partial charge on any atom is -0.208 e. The molecule has 8 aromatic heterocycles. The molecule has 384 valence electrons. The summed E-state index contributed by atoms with van der Waals surface area (Å²) in [5.74, 6) is 1.70. The van der Waals surface area contributed by atoms with Gasteiger partial charge in [0.1, 0.15) is 53.4 Å². The Kier molecular flexibility index (Phi) is 23.9. The molecular formula is C66H88N8+8. The molecule has 1 saturated carbocycles. The third-order valence-corrected chi connectivity index (χ3v) is 13.7. The van der Waals surface area contributed by atoms with E-state index in [1.54, 1.807) is 0 Å². The number of nitrogens with zero attached hydrogens (tertiary/aromatic N) is 8. The smallest absolute Gasteiger partial charge is 0.169 e. The number of pyridine rings is 8. The highest BCUT2D eigenvalue weighted by Gasteiger charge is 2.53. The fraction of sp³-hybridized carbons (Fsp3) is 0.333. The van der Waals surface area contributed by atoms with E-state index in [0.717, 1.165) is 39.3 Å². The zero-order chi connectivity index (χ0) is 53.2. The molecule has 0 amide bonds. The van der Waals surface area contributed by atoms with Crippen LogP contribution in [0.4, 0.5) is 0 Å². The van der Waals surface area contributed by atoms with Gasteiger partial charge in [0.15, 0.2) is 99.1 Å². The van der Waals surface area contributed by atoms with E-state index >= 15 is 0 Å². The van der Waals surface area contributed by atoms with E-state index in [4.69, 9.17) is 0 Å². The van der Waals surface area contributed by atoms with Gasteiger partial charge in [-0.05, 0) is 110 Å². The van der Waals surface area contributed by atoms with Gasteiger partial charge in [-0.1, -0.05) is 52.0 Å². The number of hydrogen-bond donors (Lipinski definition) is 0. The summed E-state index contributed by atoms with van der Waals surface area (Å²) in [4.78, 5) is 0. The van der Waals surface area contributed by atoms with Crippen molar-refractivity contribution in [1.82, 2.24) is 0 Å².